The van der Waals surface area contributed by atoms with Crippen molar-refractivity contribution >= 4 is 31.9 Å². The van der Waals surface area contributed by atoms with E-state index in [9.17, 15) is 13.2 Å². The topological polar surface area (TPSA) is 83.5 Å². The highest BCUT2D eigenvalue weighted by molar-refractivity contribution is 9.10. The first-order valence-electron chi connectivity index (χ1n) is 5.79. The van der Waals surface area contributed by atoms with Crippen LogP contribution < -0.4 is 4.72 Å². The summed E-state index contributed by atoms with van der Waals surface area (Å²) in [6.45, 7) is 3.46. The minimum atomic E-state index is -3.83. The summed E-state index contributed by atoms with van der Waals surface area (Å²) in [5, 5.41) is 8.99. The molecule has 19 heavy (non-hydrogen) atoms. The van der Waals surface area contributed by atoms with Gasteiger partial charge < -0.3 is 5.11 Å². The lowest BCUT2D eigenvalue weighted by Gasteiger charge is -2.15. The van der Waals surface area contributed by atoms with Gasteiger partial charge in [-0.15, -0.1) is 0 Å². The Bertz CT molecular complexity index is 571. The fourth-order valence-electron chi connectivity index (χ4n) is 1.69. The first kappa shape index (κ1) is 16.1. The quantitative estimate of drug-likeness (QED) is 0.825. The van der Waals surface area contributed by atoms with E-state index in [2.05, 4.69) is 20.7 Å². The van der Waals surface area contributed by atoms with Crippen LogP contribution in [0.4, 0.5) is 0 Å². The predicted molar refractivity (Wildman–Crippen MR) is 75.5 cm³/mol. The number of rotatable bonds is 6. The molecule has 1 aromatic rings. The van der Waals surface area contributed by atoms with Crippen LogP contribution in [0.1, 0.15) is 25.3 Å². The average Bonchev–Trinajstić information content (AvgIpc) is 2.27. The van der Waals surface area contributed by atoms with Gasteiger partial charge in [-0.3, -0.25) is 4.79 Å². The lowest BCUT2D eigenvalue weighted by Crippen LogP contribution is -2.40. The molecule has 0 amide bonds. The summed E-state index contributed by atoms with van der Waals surface area (Å²) < 4.78 is 27.3. The Kier molecular flexibility index (Phi) is 5.51. The van der Waals surface area contributed by atoms with E-state index < -0.39 is 22.0 Å². The number of aryl methyl sites for hydroxylation is 1. The van der Waals surface area contributed by atoms with Gasteiger partial charge in [0.2, 0.25) is 10.0 Å². The molecule has 0 saturated carbocycles. The van der Waals surface area contributed by atoms with Gasteiger partial charge >= 0.3 is 5.97 Å². The van der Waals surface area contributed by atoms with Crippen LogP contribution in [0.3, 0.4) is 0 Å². The van der Waals surface area contributed by atoms with Crippen LogP contribution in [0.2, 0.25) is 0 Å². The zero-order chi connectivity index (χ0) is 14.6. The summed E-state index contributed by atoms with van der Waals surface area (Å²) in [6, 6.07) is 3.63. The maximum absolute atomic E-state index is 12.2. The highest BCUT2D eigenvalue weighted by Gasteiger charge is 2.25. The predicted octanol–water partition coefficient (Wildman–Crippen LogP) is 2.29. The van der Waals surface area contributed by atoms with Crippen molar-refractivity contribution in [2.45, 2.75) is 37.6 Å². The van der Waals surface area contributed by atoms with Crippen molar-refractivity contribution in [3.8, 4) is 0 Å². The summed E-state index contributed by atoms with van der Waals surface area (Å²) in [5.41, 5.74) is 0.558. The number of hydrogen-bond donors (Lipinski definition) is 2. The number of carboxylic acids is 1. The number of aliphatic carboxylic acids is 1. The maximum Gasteiger partial charge on any atom is 0.321 e. The monoisotopic (exact) mass is 349 g/mol. The number of carboxylic acid groups (broad SMARTS) is 1. The molecule has 2 N–H and O–H groups in total. The van der Waals surface area contributed by atoms with Crippen LogP contribution in [0, 0.1) is 6.92 Å². The number of sulfonamides is 1. The number of carbonyl (C=O) groups is 1. The smallest absolute Gasteiger partial charge is 0.321 e. The normalized spacial score (nSPS) is 13.2. The van der Waals surface area contributed by atoms with E-state index >= 15 is 0 Å². The molecule has 7 heteroatoms. The van der Waals surface area contributed by atoms with E-state index in [-0.39, 0.29) is 11.3 Å². The van der Waals surface area contributed by atoms with Crippen LogP contribution in [0.25, 0.3) is 0 Å². The summed E-state index contributed by atoms with van der Waals surface area (Å²) in [4.78, 5) is 11.1. The first-order valence-corrected chi connectivity index (χ1v) is 8.07. The SMILES string of the molecule is CCCC(NS(=O)(=O)c1ccc(Br)cc1C)C(=O)O. The molecule has 0 aliphatic carbocycles. The standard InChI is InChI=1S/C12H16BrNO4S/c1-3-4-10(12(15)16)14-19(17,18)11-6-5-9(13)7-8(11)2/h5-7,10,14H,3-4H2,1-2H3,(H,15,16). The molecular weight excluding hydrogens is 334 g/mol. The van der Waals surface area contributed by atoms with Crippen molar-refractivity contribution in [3.05, 3.63) is 28.2 Å². The van der Waals surface area contributed by atoms with Crippen LogP contribution in [-0.4, -0.2) is 25.5 Å². The summed E-state index contributed by atoms with van der Waals surface area (Å²) in [5.74, 6) is -1.17. The van der Waals surface area contributed by atoms with Crippen LogP contribution >= 0.6 is 15.9 Å². The van der Waals surface area contributed by atoms with E-state index in [1.54, 1.807) is 26.0 Å². The molecule has 1 atom stereocenters. The van der Waals surface area contributed by atoms with Gasteiger partial charge in [-0.05, 0) is 37.1 Å². The summed E-state index contributed by atoms with van der Waals surface area (Å²) >= 11 is 3.25. The lowest BCUT2D eigenvalue weighted by atomic mass is 10.2. The molecule has 0 heterocycles. The van der Waals surface area contributed by atoms with E-state index in [0.717, 1.165) is 4.47 Å². The van der Waals surface area contributed by atoms with Gasteiger partial charge in [0.05, 0.1) is 4.90 Å². The van der Waals surface area contributed by atoms with Crippen molar-refractivity contribution in [3.63, 3.8) is 0 Å². The zero-order valence-electron chi connectivity index (χ0n) is 10.7. The van der Waals surface area contributed by atoms with E-state index in [4.69, 9.17) is 5.11 Å². The van der Waals surface area contributed by atoms with Crippen molar-refractivity contribution < 1.29 is 18.3 Å². The van der Waals surface area contributed by atoms with Crippen LogP contribution in [0.5, 0.6) is 0 Å². The molecule has 0 saturated heterocycles. The molecule has 1 unspecified atom stereocenters. The van der Waals surface area contributed by atoms with Crippen molar-refractivity contribution in [1.29, 1.82) is 0 Å². The number of hydrogen-bond acceptors (Lipinski definition) is 3. The molecule has 0 aliphatic rings. The Labute approximate surface area is 121 Å². The lowest BCUT2D eigenvalue weighted by molar-refractivity contribution is -0.139. The van der Waals surface area contributed by atoms with Gasteiger partial charge in [0.15, 0.2) is 0 Å². The molecule has 0 bridgehead atoms. The van der Waals surface area contributed by atoms with Gasteiger partial charge in [-0.1, -0.05) is 29.3 Å². The average molecular weight is 350 g/mol. The first-order chi connectivity index (χ1) is 8.77. The molecule has 0 fully saturated rings. The molecule has 0 aliphatic heterocycles. The Balaban J connectivity index is 3.06. The molecular formula is C12H16BrNO4S. The fraction of sp³-hybridized carbons (Fsp3) is 0.417. The van der Waals surface area contributed by atoms with E-state index in [0.29, 0.717) is 12.0 Å². The highest BCUT2D eigenvalue weighted by Crippen LogP contribution is 2.20. The van der Waals surface area contributed by atoms with Gasteiger partial charge in [0.1, 0.15) is 6.04 Å². The molecule has 1 rings (SSSR count). The molecule has 0 spiro atoms. The Hall–Kier alpha value is -0.920. The third kappa shape index (κ3) is 4.29. The minimum Gasteiger partial charge on any atom is -0.480 e. The second-order valence-corrected chi connectivity index (χ2v) is 6.81. The zero-order valence-corrected chi connectivity index (χ0v) is 13.1. The van der Waals surface area contributed by atoms with Crippen LogP contribution in [0.15, 0.2) is 27.6 Å². The van der Waals surface area contributed by atoms with Gasteiger partial charge in [0.25, 0.3) is 0 Å². The van der Waals surface area contributed by atoms with Crippen molar-refractivity contribution in [2.75, 3.05) is 0 Å². The molecule has 106 valence electrons. The molecule has 0 aromatic heterocycles. The largest absolute Gasteiger partial charge is 0.480 e. The molecule has 5 nitrogen and oxygen atoms in total. The van der Waals surface area contributed by atoms with E-state index in [1.165, 1.54) is 6.07 Å². The second kappa shape index (κ2) is 6.49. The van der Waals surface area contributed by atoms with Gasteiger partial charge in [0, 0.05) is 4.47 Å². The maximum atomic E-state index is 12.2. The Morgan fingerprint density at radius 1 is 1.47 bits per heavy atom. The minimum absolute atomic E-state index is 0.0954. The van der Waals surface area contributed by atoms with Crippen molar-refractivity contribution in [1.82, 2.24) is 4.72 Å². The second-order valence-electron chi connectivity index (χ2n) is 4.21. The highest BCUT2D eigenvalue weighted by atomic mass is 79.9. The molecule has 1 aromatic carbocycles. The third-order valence-electron chi connectivity index (χ3n) is 2.60. The van der Waals surface area contributed by atoms with Crippen LogP contribution in [-0.2, 0) is 14.8 Å². The Morgan fingerprint density at radius 2 is 2.11 bits per heavy atom. The summed E-state index contributed by atoms with van der Waals surface area (Å²) in [7, 11) is -3.83. The van der Waals surface area contributed by atoms with E-state index in [1.807, 2.05) is 0 Å². The number of benzene rings is 1. The van der Waals surface area contributed by atoms with Gasteiger partial charge in [-0.25, -0.2) is 8.42 Å². The van der Waals surface area contributed by atoms with Crippen molar-refractivity contribution in [2.24, 2.45) is 0 Å². The Morgan fingerprint density at radius 3 is 2.58 bits per heavy atom. The number of nitrogens with one attached hydrogen (secondary N) is 1. The fourth-order valence-corrected chi connectivity index (χ4v) is 3.61. The third-order valence-corrected chi connectivity index (χ3v) is 4.72. The van der Waals surface area contributed by atoms with Gasteiger partial charge in [-0.2, -0.15) is 4.72 Å². The molecule has 0 radical (unpaired) electrons. The number of halogens is 1. The summed E-state index contributed by atoms with van der Waals surface area (Å²) in [6.07, 6.45) is 0.836.